The summed E-state index contributed by atoms with van der Waals surface area (Å²) in [6.07, 6.45) is 8.10. The van der Waals surface area contributed by atoms with Crippen molar-refractivity contribution in [1.29, 1.82) is 0 Å². The number of nitrogens with one attached hydrogen (secondary N) is 1. The van der Waals surface area contributed by atoms with Crippen LogP contribution in [0.4, 0.5) is 5.82 Å². The highest BCUT2D eigenvalue weighted by molar-refractivity contribution is 5.94. The normalized spacial score (nSPS) is 25.9. The number of amides is 1. The van der Waals surface area contributed by atoms with Gasteiger partial charge in [-0.1, -0.05) is 0 Å². The Hall–Kier alpha value is -1.62. The largest absolute Gasteiger partial charge is 0.357 e. The molecule has 1 aromatic heterocycles. The van der Waals surface area contributed by atoms with E-state index in [2.05, 4.69) is 15.2 Å². The van der Waals surface area contributed by atoms with Crippen LogP contribution in [0, 0.1) is 0 Å². The van der Waals surface area contributed by atoms with E-state index in [0.717, 1.165) is 44.6 Å². The van der Waals surface area contributed by atoms with E-state index in [4.69, 9.17) is 5.73 Å². The molecule has 5 heteroatoms. The summed E-state index contributed by atoms with van der Waals surface area (Å²) in [6, 6.07) is 4.40. The summed E-state index contributed by atoms with van der Waals surface area (Å²) in [6.45, 7) is 2.14. The first-order chi connectivity index (χ1) is 10.2. The van der Waals surface area contributed by atoms with Crippen LogP contribution in [0.2, 0.25) is 0 Å². The second-order valence-electron chi connectivity index (χ2n) is 6.18. The van der Waals surface area contributed by atoms with Gasteiger partial charge in [0.15, 0.2) is 0 Å². The maximum absolute atomic E-state index is 12.2. The van der Waals surface area contributed by atoms with Gasteiger partial charge in [-0.15, -0.1) is 0 Å². The van der Waals surface area contributed by atoms with Gasteiger partial charge in [0.1, 0.15) is 5.82 Å². The quantitative estimate of drug-likeness (QED) is 0.888. The zero-order valence-corrected chi connectivity index (χ0v) is 12.4. The maximum atomic E-state index is 12.2. The average Bonchev–Trinajstić information content (AvgIpc) is 3.04. The molecule has 0 atom stereocenters. The highest BCUT2D eigenvalue weighted by Crippen LogP contribution is 2.19. The summed E-state index contributed by atoms with van der Waals surface area (Å²) in [7, 11) is 0. The number of carbonyl (C=O) groups excluding carboxylic acids is 1. The molecule has 2 heterocycles. The van der Waals surface area contributed by atoms with E-state index in [0.29, 0.717) is 11.6 Å². The molecule has 0 bridgehead atoms. The minimum absolute atomic E-state index is 0.0176. The molecule has 0 spiro atoms. The molecule has 3 N–H and O–H groups in total. The summed E-state index contributed by atoms with van der Waals surface area (Å²) in [5.41, 5.74) is 6.53. The van der Waals surface area contributed by atoms with Crippen molar-refractivity contribution in [3.63, 3.8) is 0 Å². The Bertz CT molecular complexity index is 474. The number of nitrogens with zero attached hydrogens (tertiary/aromatic N) is 2. The molecular weight excluding hydrogens is 264 g/mol. The third kappa shape index (κ3) is 3.53. The van der Waals surface area contributed by atoms with E-state index in [1.165, 1.54) is 12.8 Å². The molecule has 1 saturated heterocycles. The molecular formula is C16H24N4O. The van der Waals surface area contributed by atoms with E-state index in [9.17, 15) is 4.79 Å². The fourth-order valence-corrected chi connectivity index (χ4v) is 3.19. The SMILES string of the molecule is NC1CCC(NC(=O)c2ccc(N3CCCC3)nc2)CC1. The van der Waals surface area contributed by atoms with Crippen LogP contribution in [0.25, 0.3) is 0 Å². The number of pyridine rings is 1. The molecule has 1 aliphatic carbocycles. The summed E-state index contributed by atoms with van der Waals surface area (Å²) in [5, 5.41) is 3.10. The second kappa shape index (κ2) is 6.43. The Morgan fingerprint density at radius 2 is 1.90 bits per heavy atom. The summed E-state index contributed by atoms with van der Waals surface area (Å²) in [5.74, 6) is 0.962. The monoisotopic (exact) mass is 288 g/mol. The smallest absolute Gasteiger partial charge is 0.253 e. The van der Waals surface area contributed by atoms with Crippen molar-refractivity contribution in [1.82, 2.24) is 10.3 Å². The second-order valence-corrected chi connectivity index (χ2v) is 6.18. The lowest BCUT2D eigenvalue weighted by molar-refractivity contribution is 0.0925. The number of rotatable bonds is 3. The number of aromatic nitrogens is 1. The van der Waals surface area contributed by atoms with Crippen LogP contribution in [-0.2, 0) is 0 Å². The molecule has 1 saturated carbocycles. The van der Waals surface area contributed by atoms with Crippen LogP contribution >= 0.6 is 0 Å². The Morgan fingerprint density at radius 3 is 2.52 bits per heavy atom. The molecule has 5 nitrogen and oxygen atoms in total. The van der Waals surface area contributed by atoms with Gasteiger partial charge in [-0.2, -0.15) is 0 Å². The van der Waals surface area contributed by atoms with Crippen molar-refractivity contribution in [2.24, 2.45) is 5.73 Å². The zero-order chi connectivity index (χ0) is 14.7. The molecule has 2 fully saturated rings. The molecule has 1 aromatic rings. The molecule has 21 heavy (non-hydrogen) atoms. The van der Waals surface area contributed by atoms with Gasteiger partial charge >= 0.3 is 0 Å². The van der Waals surface area contributed by atoms with Crippen molar-refractivity contribution >= 4 is 11.7 Å². The molecule has 2 aliphatic rings. The lowest BCUT2D eigenvalue weighted by atomic mass is 9.92. The number of hydrogen-bond donors (Lipinski definition) is 2. The highest BCUT2D eigenvalue weighted by Gasteiger charge is 2.21. The van der Waals surface area contributed by atoms with Gasteiger partial charge in [0.05, 0.1) is 5.56 Å². The lowest BCUT2D eigenvalue weighted by Crippen LogP contribution is -2.40. The molecule has 0 aromatic carbocycles. The Labute approximate surface area is 125 Å². The van der Waals surface area contributed by atoms with Gasteiger partial charge in [-0.05, 0) is 50.7 Å². The van der Waals surface area contributed by atoms with E-state index in [1.54, 1.807) is 6.20 Å². The Kier molecular flexibility index (Phi) is 4.39. The van der Waals surface area contributed by atoms with Crippen LogP contribution in [0.5, 0.6) is 0 Å². The minimum atomic E-state index is -0.0176. The number of nitrogens with two attached hydrogens (primary N) is 1. The number of carbonyl (C=O) groups is 1. The fourth-order valence-electron chi connectivity index (χ4n) is 3.19. The zero-order valence-electron chi connectivity index (χ0n) is 12.4. The molecule has 1 aliphatic heterocycles. The van der Waals surface area contributed by atoms with Crippen LogP contribution in [0.15, 0.2) is 18.3 Å². The predicted molar refractivity (Wildman–Crippen MR) is 83.4 cm³/mol. The van der Waals surface area contributed by atoms with Crippen molar-refractivity contribution in [2.45, 2.75) is 50.6 Å². The summed E-state index contributed by atoms with van der Waals surface area (Å²) < 4.78 is 0. The first kappa shape index (κ1) is 14.3. The van der Waals surface area contributed by atoms with Gasteiger partial charge in [0.2, 0.25) is 0 Å². The van der Waals surface area contributed by atoms with Gasteiger partial charge in [0.25, 0.3) is 5.91 Å². The molecule has 3 rings (SSSR count). The molecule has 0 unspecified atom stereocenters. The van der Waals surface area contributed by atoms with Gasteiger partial charge in [-0.25, -0.2) is 4.98 Å². The summed E-state index contributed by atoms with van der Waals surface area (Å²) >= 11 is 0. The van der Waals surface area contributed by atoms with Gasteiger partial charge in [0, 0.05) is 31.4 Å². The maximum Gasteiger partial charge on any atom is 0.253 e. The van der Waals surface area contributed by atoms with Crippen molar-refractivity contribution in [3.05, 3.63) is 23.9 Å². The number of anilines is 1. The third-order valence-corrected chi connectivity index (χ3v) is 4.55. The Balaban J connectivity index is 1.57. The lowest BCUT2D eigenvalue weighted by Gasteiger charge is -2.26. The standard InChI is InChI=1S/C16H24N4O/c17-13-4-6-14(7-5-13)19-16(21)12-3-8-15(18-11-12)20-9-1-2-10-20/h3,8,11,13-14H,1-2,4-7,9-10,17H2,(H,19,21). The van der Waals surface area contributed by atoms with Crippen molar-refractivity contribution in [3.8, 4) is 0 Å². The Morgan fingerprint density at radius 1 is 1.19 bits per heavy atom. The first-order valence-electron chi connectivity index (χ1n) is 8.00. The van der Waals surface area contributed by atoms with Crippen LogP contribution in [0.1, 0.15) is 48.9 Å². The van der Waals surface area contributed by atoms with Gasteiger partial charge < -0.3 is 16.0 Å². The average molecular weight is 288 g/mol. The first-order valence-corrected chi connectivity index (χ1v) is 8.00. The highest BCUT2D eigenvalue weighted by atomic mass is 16.1. The molecule has 114 valence electrons. The fraction of sp³-hybridized carbons (Fsp3) is 0.625. The van der Waals surface area contributed by atoms with Crippen LogP contribution < -0.4 is 16.0 Å². The third-order valence-electron chi connectivity index (χ3n) is 4.55. The molecule has 1 amide bonds. The minimum Gasteiger partial charge on any atom is -0.357 e. The van der Waals surface area contributed by atoms with Gasteiger partial charge in [-0.3, -0.25) is 4.79 Å². The van der Waals surface area contributed by atoms with Crippen molar-refractivity contribution in [2.75, 3.05) is 18.0 Å². The van der Waals surface area contributed by atoms with E-state index >= 15 is 0 Å². The molecule has 0 radical (unpaired) electrons. The van der Waals surface area contributed by atoms with Crippen LogP contribution in [-0.4, -0.2) is 36.1 Å². The number of hydrogen-bond acceptors (Lipinski definition) is 4. The van der Waals surface area contributed by atoms with E-state index in [-0.39, 0.29) is 11.9 Å². The van der Waals surface area contributed by atoms with E-state index < -0.39 is 0 Å². The predicted octanol–water partition coefficient (Wildman–Crippen LogP) is 1.68. The summed E-state index contributed by atoms with van der Waals surface area (Å²) in [4.78, 5) is 18.9. The van der Waals surface area contributed by atoms with Crippen LogP contribution in [0.3, 0.4) is 0 Å². The van der Waals surface area contributed by atoms with Crippen molar-refractivity contribution < 1.29 is 4.79 Å². The van der Waals surface area contributed by atoms with E-state index in [1.807, 2.05) is 12.1 Å². The topological polar surface area (TPSA) is 71.2 Å².